The Morgan fingerprint density at radius 2 is 1.86 bits per heavy atom. The summed E-state index contributed by atoms with van der Waals surface area (Å²) >= 11 is 0. The van der Waals surface area contributed by atoms with Crippen LogP contribution >= 0.6 is 0 Å². The van der Waals surface area contributed by atoms with Gasteiger partial charge in [-0.25, -0.2) is 0 Å². The number of carboxylic acid groups (broad SMARTS) is 1. The molecule has 0 unspecified atom stereocenters. The fraction of sp³-hybridized carbons (Fsp3) is 0.529. The summed E-state index contributed by atoms with van der Waals surface area (Å²) in [5, 5.41) is 12.0. The van der Waals surface area contributed by atoms with Gasteiger partial charge in [-0.2, -0.15) is 0 Å². The summed E-state index contributed by atoms with van der Waals surface area (Å²) in [5.41, 5.74) is 3.35. The lowest BCUT2D eigenvalue weighted by Gasteiger charge is -2.26. The van der Waals surface area contributed by atoms with Crippen molar-refractivity contribution in [3.05, 3.63) is 34.9 Å². The highest BCUT2D eigenvalue weighted by molar-refractivity contribution is 5.79. The highest BCUT2D eigenvalue weighted by Gasteiger charge is 2.26. The number of carboxylic acids is 1. The van der Waals surface area contributed by atoms with Crippen molar-refractivity contribution in [3.63, 3.8) is 0 Å². The second-order valence-electron chi connectivity index (χ2n) is 6.06. The van der Waals surface area contributed by atoms with Crippen LogP contribution in [0.4, 0.5) is 0 Å². The molecule has 0 aromatic heterocycles. The van der Waals surface area contributed by atoms with Gasteiger partial charge in [0.1, 0.15) is 0 Å². The number of aliphatic carboxylic acids is 1. The van der Waals surface area contributed by atoms with Gasteiger partial charge in [0.2, 0.25) is 5.91 Å². The van der Waals surface area contributed by atoms with Crippen LogP contribution in [-0.2, 0) is 16.0 Å². The minimum Gasteiger partial charge on any atom is -0.481 e. The van der Waals surface area contributed by atoms with Crippen molar-refractivity contribution in [1.82, 2.24) is 5.32 Å². The van der Waals surface area contributed by atoms with E-state index in [1.807, 2.05) is 26.0 Å². The Morgan fingerprint density at radius 3 is 2.48 bits per heavy atom. The lowest BCUT2D eigenvalue weighted by Crippen LogP contribution is -2.39. The van der Waals surface area contributed by atoms with Crippen LogP contribution in [0.2, 0.25) is 0 Å². The van der Waals surface area contributed by atoms with Crippen LogP contribution in [-0.4, -0.2) is 23.0 Å². The van der Waals surface area contributed by atoms with Crippen molar-refractivity contribution in [2.75, 3.05) is 0 Å². The summed E-state index contributed by atoms with van der Waals surface area (Å²) in [6.45, 7) is 4.04. The molecule has 2 rings (SSSR count). The van der Waals surface area contributed by atoms with E-state index < -0.39 is 5.97 Å². The van der Waals surface area contributed by atoms with Crippen molar-refractivity contribution >= 4 is 11.9 Å². The Morgan fingerprint density at radius 1 is 1.19 bits per heavy atom. The molecule has 1 fully saturated rings. The fourth-order valence-electron chi connectivity index (χ4n) is 2.93. The number of hydrogen-bond donors (Lipinski definition) is 2. The van der Waals surface area contributed by atoms with E-state index in [1.54, 1.807) is 0 Å². The number of amides is 1. The number of carbonyl (C=O) groups excluding carboxylic acids is 1. The first-order valence-electron chi connectivity index (χ1n) is 7.54. The van der Waals surface area contributed by atoms with Crippen LogP contribution in [0.1, 0.15) is 42.4 Å². The van der Waals surface area contributed by atoms with Gasteiger partial charge in [0.05, 0.1) is 12.3 Å². The van der Waals surface area contributed by atoms with Crippen LogP contribution in [0.3, 0.4) is 0 Å². The molecule has 4 nitrogen and oxygen atoms in total. The Bertz CT molecular complexity index is 531. The molecular weight excluding hydrogens is 266 g/mol. The first-order valence-corrected chi connectivity index (χ1v) is 7.54. The number of benzene rings is 1. The first-order chi connectivity index (χ1) is 9.95. The highest BCUT2D eigenvalue weighted by Crippen LogP contribution is 2.24. The molecule has 4 heteroatoms. The molecule has 21 heavy (non-hydrogen) atoms. The van der Waals surface area contributed by atoms with Gasteiger partial charge in [-0.1, -0.05) is 23.8 Å². The summed E-state index contributed by atoms with van der Waals surface area (Å²) in [6, 6.07) is 6.26. The molecular formula is C17H23NO3. The SMILES string of the molecule is Cc1ccc(C)c(CC(=O)NC2CCC(C(=O)O)CC2)c1. The van der Waals surface area contributed by atoms with Gasteiger partial charge in [0.15, 0.2) is 0 Å². The lowest BCUT2D eigenvalue weighted by atomic mass is 9.86. The van der Waals surface area contributed by atoms with Gasteiger partial charge in [-0.3, -0.25) is 9.59 Å². The third-order valence-corrected chi connectivity index (χ3v) is 4.30. The predicted octanol–water partition coefficient (Wildman–Crippen LogP) is 2.61. The summed E-state index contributed by atoms with van der Waals surface area (Å²) in [6.07, 6.45) is 3.23. The number of nitrogens with one attached hydrogen (secondary N) is 1. The topological polar surface area (TPSA) is 66.4 Å². The van der Waals surface area contributed by atoms with E-state index in [4.69, 9.17) is 5.11 Å². The number of rotatable bonds is 4. The van der Waals surface area contributed by atoms with Crippen LogP contribution in [0.15, 0.2) is 18.2 Å². The molecule has 1 saturated carbocycles. The van der Waals surface area contributed by atoms with E-state index >= 15 is 0 Å². The highest BCUT2D eigenvalue weighted by atomic mass is 16.4. The molecule has 1 aliphatic carbocycles. The van der Waals surface area contributed by atoms with E-state index in [-0.39, 0.29) is 17.9 Å². The zero-order valence-corrected chi connectivity index (χ0v) is 12.7. The Labute approximate surface area is 125 Å². The average molecular weight is 289 g/mol. The quantitative estimate of drug-likeness (QED) is 0.895. The average Bonchev–Trinajstić information content (AvgIpc) is 2.43. The van der Waals surface area contributed by atoms with Gasteiger partial charge >= 0.3 is 5.97 Å². The van der Waals surface area contributed by atoms with E-state index in [9.17, 15) is 9.59 Å². The maximum absolute atomic E-state index is 12.1. The van der Waals surface area contributed by atoms with Crippen molar-refractivity contribution < 1.29 is 14.7 Å². The molecule has 0 bridgehead atoms. The normalized spacial score (nSPS) is 21.8. The molecule has 1 aliphatic rings. The van der Waals surface area contributed by atoms with Gasteiger partial charge in [-0.15, -0.1) is 0 Å². The third kappa shape index (κ3) is 4.31. The largest absolute Gasteiger partial charge is 0.481 e. The van der Waals surface area contributed by atoms with E-state index in [0.29, 0.717) is 19.3 Å². The third-order valence-electron chi connectivity index (χ3n) is 4.30. The summed E-state index contributed by atoms with van der Waals surface area (Å²) in [4.78, 5) is 23.0. The molecule has 0 saturated heterocycles. The second-order valence-corrected chi connectivity index (χ2v) is 6.06. The van der Waals surface area contributed by atoms with Crippen molar-refractivity contribution in [1.29, 1.82) is 0 Å². The predicted molar refractivity (Wildman–Crippen MR) is 81.1 cm³/mol. The maximum atomic E-state index is 12.1. The summed E-state index contributed by atoms with van der Waals surface area (Å²) in [7, 11) is 0. The minimum atomic E-state index is -0.713. The standard InChI is InChI=1S/C17H23NO3/c1-11-3-4-12(2)14(9-11)10-16(19)18-15-7-5-13(6-8-15)17(20)21/h3-4,9,13,15H,5-8,10H2,1-2H3,(H,18,19)(H,20,21). The van der Waals surface area contributed by atoms with Crippen molar-refractivity contribution in [2.24, 2.45) is 5.92 Å². The molecule has 114 valence electrons. The lowest BCUT2D eigenvalue weighted by molar-refractivity contribution is -0.142. The maximum Gasteiger partial charge on any atom is 0.306 e. The number of carbonyl (C=O) groups is 2. The Balaban J connectivity index is 1.85. The Hall–Kier alpha value is -1.84. The molecule has 1 aromatic carbocycles. The molecule has 0 radical (unpaired) electrons. The first kappa shape index (κ1) is 15.5. The molecule has 0 spiro atoms. The summed E-state index contributed by atoms with van der Waals surface area (Å²) < 4.78 is 0. The van der Waals surface area contributed by atoms with Crippen LogP contribution in [0, 0.1) is 19.8 Å². The molecule has 2 N–H and O–H groups in total. The van der Waals surface area contributed by atoms with Crippen LogP contribution in [0.25, 0.3) is 0 Å². The minimum absolute atomic E-state index is 0.0301. The fourth-order valence-corrected chi connectivity index (χ4v) is 2.93. The van der Waals surface area contributed by atoms with Crippen molar-refractivity contribution in [2.45, 2.75) is 52.0 Å². The van der Waals surface area contributed by atoms with Gasteiger partial charge in [0.25, 0.3) is 0 Å². The van der Waals surface area contributed by atoms with Crippen LogP contribution < -0.4 is 5.32 Å². The van der Waals surface area contributed by atoms with Crippen LogP contribution in [0.5, 0.6) is 0 Å². The Kier molecular flexibility index (Phi) is 4.99. The second kappa shape index (κ2) is 6.74. The van der Waals surface area contributed by atoms with Gasteiger partial charge in [-0.05, 0) is 50.7 Å². The molecule has 1 aromatic rings. The molecule has 1 amide bonds. The molecule has 0 aliphatic heterocycles. The van der Waals surface area contributed by atoms with Gasteiger partial charge < -0.3 is 10.4 Å². The smallest absolute Gasteiger partial charge is 0.306 e. The zero-order chi connectivity index (χ0) is 15.4. The zero-order valence-electron chi connectivity index (χ0n) is 12.7. The van der Waals surface area contributed by atoms with E-state index in [1.165, 1.54) is 0 Å². The molecule has 0 heterocycles. The number of aryl methyl sites for hydroxylation is 2. The van der Waals surface area contributed by atoms with Crippen molar-refractivity contribution in [3.8, 4) is 0 Å². The molecule has 0 atom stereocenters. The van der Waals surface area contributed by atoms with E-state index in [2.05, 4.69) is 11.4 Å². The van der Waals surface area contributed by atoms with Gasteiger partial charge in [0, 0.05) is 6.04 Å². The van der Waals surface area contributed by atoms with E-state index in [0.717, 1.165) is 29.5 Å². The number of hydrogen-bond acceptors (Lipinski definition) is 2. The summed E-state index contributed by atoms with van der Waals surface area (Å²) in [5.74, 6) is -0.921. The monoisotopic (exact) mass is 289 g/mol.